The summed E-state index contributed by atoms with van der Waals surface area (Å²) < 4.78 is 11.2. The number of nitrogens with zero attached hydrogens (tertiary/aromatic N) is 1. The molecule has 0 spiro atoms. The maximum Gasteiger partial charge on any atom is 0.122 e. The molecule has 0 aromatic carbocycles. The maximum absolute atomic E-state index is 5.61. The van der Waals surface area contributed by atoms with Crippen molar-refractivity contribution in [1.29, 1.82) is 0 Å². The predicted molar refractivity (Wildman–Crippen MR) is 77.4 cm³/mol. The molecule has 1 N–H and O–H groups in total. The van der Waals surface area contributed by atoms with E-state index in [0.717, 1.165) is 43.5 Å². The molecule has 3 rings (SSSR count). The Morgan fingerprint density at radius 3 is 2.75 bits per heavy atom. The summed E-state index contributed by atoms with van der Waals surface area (Å²) in [6.45, 7) is 5.94. The lowest BCUT2D eigenvalue weighted by atomic mass is 10.2. The van der Waals surface area contributed by atoms with Gasteiger partial charge in [0.05, 0.1) is 18.8 Å². The average molecular weight is 274 g/mol. The minimum Gasteiger partial charge on any atom is -0.468 e. The van der Waals surface area contributed by atoms with Crippen molar-refractivity contribution in [1.82, 2.24) is 10.2 Å². The Balaban J connectivity index is 1.58. The van der Waals surface area contributed by atoms with Gasteiger partial charge in [0.2, 0.25) is 0 Å². The van der Waals surface area contributed by atoms with Gasteiger partial charge in [-0.2, -0.15) is 0 Å². The van der Waals surface area contributed by atoms with E-state index >= 15 is 0 Å². The first kappa shape index (κ1) is 13.5. The molecule has 20 heavy (non-hydrogen) atoms. The Hall–Kier alpha value is -1.52. The van der Waals surface area contributed by atoms with Crippen LogP contribution in [0.3, 0.4) is 0 Å². The highest BCUT2D eigenvalue weighted by Crippen LogP contribution is 2.24. The first-order valence-corrected chi connectivity index (χ1v) is 7.36. The quantitative estimate of drug-likeness (QED) is 0.879. The van der Waals surface area contributed by atoms with Crippen LogP contribution < -0.4 is 5.32 Å². The van der Waals surface area contributed by atoms with Crippen LogP contribution in [0.1, 0.15) is 36.2 Å². The summed E-state index contributed by atoms with van der Waals surface area (Å²) in [5.41, 5.74) is 0. The number of nitrogens with one attached hydrogen (secondary N) is 1. The zero-order valence-electron chi connectivity index (χ0n) is 12.0. The molecule has 1 atom stereocenters. The largest absolute Gasteiger partial charge is 0.468 e. The van der Waals surface area contributed by atoms with Gasteiger partial charge < -0.3 is 14.2 Å². The number of hydrogen-bond acceptors (Lipinski definition) is 4. The summed E-state index contributed by atoms with van der Waals surface area (Å²) in [5.74, 6) is 3.00. The van der Waals surface area contributed by atoms with E-state index in [1.54, 1.807) is 6.26 Å². The second-order valence-corrected chi connectivity index (χ2v) is 5.42. The first-order chi connectivity index (χ1) is 9.83. The van der Waals surface area contributed by atoms with Crippen LogP contribution in [0.15, 0.2) is 39.4 Å². The van der Waals surface area contributed by atoms with E-state index in [1.165, 1.54) is 12.8 Å². The van der Waals surface area contributed by atoms with Crippen molar-refractivity contribution >= 4 is 0 Å². The maximum atomic E-state index is 5.61. The van der Waals surface area contributed by atoms with E-state index in [4.69, 9.17) is 8.83 Å². The molecule has 2 aromatic rings. The first-order valence-electron chi connectivity index (χ1n) is 7.36. The third-order valence-electron chi connectivity index (χ3n) is 3.89. The smallest absolute Gasteiger partial charge is 0.122 e. The molecule has 3 heterocycles. The highest BCUT2D eigenvalue weighted by Gasteiger charge is 2.25. The lowest BCUT2D eigenvalue weighted by Gasteiger charge is -2.25. The van der Waals surface area contributed by atoms with Gasteiger partial charge >= 0.3 is 0 Å². The van der Waals surface area contributed by atoms with E-state index in [1.807, 2.05) is 25.1 Å². The molecule has 0 bridgehead atoms. The van der Waals surface area contributed by atoms with Crippen LogP contribution in [0.25, 0.3) is 0 Å². The van der Waals surface area contributed by atoms with Gasteiger partial charge in [-0.3, -0.25) is 4.90 Å². The molecule has 1 saturated heterocycles. The molecule has 0 saturated carbocycles. The summed E-state index contributed by atoms with van der Waals surface area (Å²) >= 11 is 0. The zero-order valence-corrected chi connectivity index (χ0v) is 12.0. The second kappa shape index (κ2) is 6.29. The van der Waals surface area contributed by atoms with Crippen molar-refractivity contribution in [2.24, 2.45) is 0 Å². The van der Waals surface area contributed by atoms with Crippen LogP contribution in [-0.2, 0) is 6.54 Å². The van der Waals surface area contributed by atoms with Crippen molar-refractivity contribution in [3.05, 3.63) is 47.8 Å². The van der Waals surface area contributed by atoms with Gasteiger partial charge in [-0.1, -0.05) is 0 Å². The summed E-state index contributed by atoms with van der Waals surface area (Å²) in [6.07, 6.45) is 4.33. The molecule has 1 fully saturated rings. The SMILES string of the molecule is Cc1ccc(CNCC(c2ccco2)N2CCCC2)o1. The third-order valence-corrected chi connectivity index (χ3v) is 3.89. The molecule has 1 aliphatic heterocycles. The normalized spacial score (nSPS) is 17.6. The number of furan rings is 2. The van der Waals surface area contributed by atoms with Crippen LogP contribution in [0, 0.1) is 6.92 Å². The predicted octanol–water partition coefficient (Wildman–Crippen LogP) is 3.11. The van der Waals surface area contributed by atoms with Gasteiger partial charge in [-0.15, -0.1) is 0 Å². The van der Waals surface area contributed by atoms with Gasteiger partial charge in [-0.05, 0) is 57.1 Å². The average Bonchev–Trinajstić information content (AvgIpc) is 3.18. The molecule has 0 amide bonds. The summed E-state index contributed by atoms with van der Waals surface area (Å²) in [7, 11) is 0. The molecule has 0 radical (unpaired) electrons. The fraction of sp³-hybridized carbons (Fsp3) is 0.500. The monoisotopic (exact) mass is 274 g/mol. The van der Waals surface area contributed by atoms with E-state index in [2.05, 4.69) is 16.3 Å². The number of rotatable bonds is 6. The van der Waals surface area contributed by atoms with Crippen LogP contribution in [-0.4, -0.2) is 24.5 Å². The van der Waals surface area contributed by atoms with Crippen molar-refractivity contribution in [3.63, 3.8) is 0 Å². The summed E-state index contributed by atoms with van der Waals surface area (Å²) in [5, 5.41) is 3.48. The molecule has 4 heteroatoms. The van der Waals surface area contributed by atoms with Crippen molar-refractivity contribution in [2.75, 3.05) is 19.6 Å². The second-order valence-electron chi connectivity index (χ2n) is 5.42. The van der Waals surface area contributed by atoms with Crippen molar-refractivity contribution in [2.45, 2.75) is 32.4 Å². The Morgan fingerprint density at radius 1 is 1.25 bits per heavy atom. The Bertz CT molecular complexity index is 512. The van der Waals surface area contributed by atoms with E-state index in [-0.39, 0.29) is 0 Å². The molecule has 4 nitrogen and oxygen atoms in total. The number of hydrogen-bond donors (Lipinski definition) is 1. The standard InChI is InChI=1S/C16H22N2O2/c1-13-6-7-14(20-13)11-17-12-15(16-5-4-10-19-16)18-8-2-3-9-18/h4-7,10,15,17H,2-3,8-9,11-12H2,1H3. The molecule has 0 aliphatic carbocycles. The van der Waals surface area contributed by atoms with Crippen LogP contribution in [0.5, 0.6) is 0 Å². The van der Waals surface area contributed by atoms with Gasteiger partial charge in [-0.25, -0.2) is 0 Å². The van der Waals surface area contributed by atoms with E-state index < -0.39 is 0 Å². The molecule has 1 aliphatic rings. The van der Waals surface area contributed by atoms with Crippen LogP contribution in [0.2, 0.25) is 0 Å². The van der Waals surface area contributed by atoms with Gasteiger partial charge in [0.1, 0.15) is 17.3 Å². The Kier molecular flexibility index (Phi) is 4.23. The Labute approximate surface area is 119 Å². The molecule has 108 valence electrons. The number of likely N-dealkylation sites (tertiary alicyclic amines) is 1. The minimum absolute atomic E-state index is 0.323. The summed E-state index contributed by atoms with van der Waals surface area (Å²) in [6, 6.07) is 8.39. The molecule has 1 unspecified atom stereocenters. The summed E-state index contributed by atoms with van der Waals surface area (Å²) in [4.78, 5) is 2.50. The van der Waals surface area contributed by atoms with Gasteiger partial charge in [0.15, 0.2) is 0 Å². The van der Waals surface area contributed by atoms with Crippen molar-refractivity contribution in [3.8, 4) is 0 Å². The molecular weight excluding hydrogens is 252 g/mol. The van der Waals surface area contributed by atoms with E-state index in [9.17, 15) is 0 Å². The molecular formula is C16H22N2O2. The lowest BCUT2D eigenvalue weighted by molar-refractivity contribution is 0.208. The molecule has 2 aromatic heterocycles. The fourth-order valence-corrected chi connectivity index (χ4v) is 2.86. The zero-order chi connectivity index (χ0) is 13.8. The highest BCUT2D eigenvalue weighted by atomic mass is 16.3. The lowest BCUT2D eigenvalue weighted by Crippen LogP contribution is -2.33. The topological polar surface area (TPSA) is 41.6 Å². The number of aryl methyl sites for hydroxylation is 1. The van der Waals surface area contributed by atoms with Gasteiger partial charge in [0, 0.05) is 6.54 Å². The van der Waals surface area contributed by atoms with Gasteiger partial charge in [0.25, 0.3) is 0 Å². The Morgan fingerprint density at radius 2 is 2.10 bits per heavy atom. The fourth-order valence-electron chi connectivity index (χ4n) is 2.86. The van der Waals surface area contributed by atoms with E-state index in [0.29, 0.717) is 6.04 Å². The highest BCUT2D eigenvalue weighted by molar-refractivity contribution is 5.07. The minimum atomic E-state index is 0.323. The van der Waals surface area contributed by atoms with Crippen molar-refractivity contribution < 1.29 is 8.83 Å². The third kappa shape index (κ3) is 3.14. The van der Waals surface area contributed by atoms with Crippen LogP contribution in [0.4, 0.5) is 0 Å². The van der Waals surface area contributed by atoms with Crippen LogP contribution >= 0.6 is 0 Å².